The van der Waals surface area contributed by atoms with Gasteiger partial charge < -0.3 is 10.6 Å². The maximum absolute atomic E-state index is 5.51. The van der Waals surface area contributed by atoms with Crippen LogP contribution in [0.4, 0.5) is 0 Å². The van der Waals surface area contributed by atoms with Gasteiger partial charge in [0.25, 0.3) is 0 Å². The van der Waals surface area contributed by atoms with E-state index in [-0.39, 0.29) is 0 Å². The van der Waals surface area contributed by atoms with Gasteiger partial charge in [-0.15, -0.1) is 0 Å². The average Bonchev–Trinajstić information content (AvgIpc) is 2.06. The van der Waals surface area contributed by atoms with Crippen LogP contribution in [0.25, 0.3) is 0 Å². The van der Waals surface area contributed by atoms with Gasteiger partial charge in [-0.25, -0.2) is 0 Å². The first-order valence-corrected chi connectivity index (χ1v) is 5.71. The van der Waals surface area contributed by atoms with Crippen LogP contribution in [0.5, 0.6) is 0 Å². The molecule has 2 N–H and O–H groups in total. The molecule has 0 atom stereocenters. The minimum Gasteiger partial charge on any atom is -0.392 e. The first-order valence-electron chi connectivity index (χ1n) is 5.31. The van der Waals surface area contributed by atoms with Crippen LogP contribution in [0, 0.1) is 5.92 Å². The lowest BCUT2D eigenvalue weighted by Gasteiger charge is -2.35. The molecule has 4 heteroatoms. The molecule has 0 saturated carbocycles. The zero-order valence-corrected chi connectivity index (χ0v) is 10.0. The molecule has 0 aromatic carbocycles. The van der Waals surface area contributed by atoms with Crippen LogP contribution < -0.4 is 5.73 Å². The lowest BCUT2D eigenvalue weighted by molar-refractivity contribution is 0.134. The fraction of sp³-hybridized carbons (Fsp3) is 0.900. The maximum Gasteiger partial charge on any atom is 0.0870 e. The summed E-state index contributed by atoms with van der Waals surface area (Å²) in [7, 11) is 0. The highest BCUT2D eigenvalue weighted by molar-refractivity contribution is 7.80. The van der Waals surface area contributed by atoms with Crippen LogP contribution >= 0.6 is 12.2 Å². The van der Waals surface area contributed by atoms with E-state index in [9.17, 15) is 0 Å². The van der Waals surface area contributed by atoms with Gasteiger partial charge in [-0.2, -0.15) is 0 Å². The van der Waals surface area contributed by atoms with E-state index in [2.05, 4.69) is 23.6 Å². The summed E-state index contributed by atoms with van der Waals surface area (Å²) in [5.74, 6) is 0.761. The van der Waals surface area contributed by atoms with Crippen LogP contribution in [0.2, 0.25) is 0 Å². The Bertz CT molecular complexity index is 186. The third kappa shape index (κ3) is 4.35. The molecule has 0 aliphatic carbocycles. The van der Waals surface area contributed by atoms with E-state index in [1.165, 1.54) is 6.54 Å². The molecule has 0 aromatic rings. The van der Waals surface area contributed by atoms with E-state index in [0.717, 1.165) is 38.6 Å². The van der Waals surface area contributed by atoms with Crippen molar-refractivity contribution in [1.82, 2.24) is 9.80 Å². The van der Waals surface area contributed by atoms with E-state index < -0.39 is 0 Å². The molecule has 0 radical (unpaired) electrons. The fourth-order valence-electron chi connectivity index (χ4n) is 1.87. The van der Waals surface area contributed by atoms with Crippen molar-refractivity contribution in [2.24, 2.45) is 11.7 Å². The third-order valence-corrected chi connectivity index (χ3v) is 2.60. The summed E-state index contributed by atoms with van der Waals surface area (Å²) in [5.41, 5.74) is 5.51. The van der Waals surface area contributed by atoms with Gasteiger partial charge >= 0.3 is 0 Å². The second-order valence-corrected chi connectivity index (χ2v) is 4.96. The molecule has 0 unspecified atom stereocenters. The lowest BCUT2D eigenvalue weighted by Crippen LogP contribution is -2.49. The van der Waals surface area contributed by atoms with Crippen LogP contribution in [-0.2, 0) is 0 Å². The van der Waals surface area contributed by atoms with Gasteiger partial charge in [-0.05, 0) is 5.92 Å². The highest BCUT2D eigenvalue weighted by Crippen LogP contribution is 2.04. The first kappa shape index (κ1) is 11.9. The summed E-state index contributed by atoms with van der Waals surface area (Å²) in [6.45, 7) is 11.0. The Kier molecular flexibility index (Phi) is 4.78. The number of hydrogen-bond donors (Lipinski definition) is 1. The van der Waals surface area contributed by atoms with E-state index in [1.807, 2.05) is 0 Å². The molecular formula is C10H21N3S. The lowest BCUT2D eigenvalue weighted by atomic mass is 10.2. The topological polar surface area (TPSA) is 32.5 Å². The van der Waals surface area contributed by atoms with Crippen molar-refractivity contribution in [3.8, 4) is 0 Å². The molecule has 0 bridgehead atoms. The first-order chi connectivity index (χ1) is 6.58. The summed E-state index contributed by atoms with van der Waals surface area (Å²) >= 11 is 4.90. The van der Waals surface area contributed by atoms with Crippen LogP contribution in [-0.4, -0.2) is 54.1 Å². The molecular weight excluding hydrogens is 194 g/mol. The van der Waals surface area contributed by atoms with Crippen LogP contribution in [0.15, 0.2) is 0 Å². The Labute approximate surface area is 92.2 Å². The minimum absolute atomic E-state index is 0.613. The minimum atomic E-state index is 0.613. The number of nitrogens with two attached hydrogens (primary N) is 1. The standard InChI is InChI=1S/C10H21N3S/c1-9(2)7-12-3-5-13(6-4-12)8-10(11)14/h9H,3-8H2,1-2H3,(H2,11,14). The molecule has 82 valence electrons. The van der Waals surface area contributed by atoms with Crippen molar-refractivity contribution in [1.29, 1.82) is 0 Å². The highest BCUT2D eigenvalue weighted by atomic mass is 32.1. The number of rotatable bonds is 4. The Morgan fingerprint density at radius 1 is 1.21 bits per heavy atom. The van der Waals surface area contributed by atoms with E-state index in [1.54, 1.807) is 0 Å². The Morgan fingerprint density at radius 3 is 2.14 bits per heavy atom. The van der Waals surface area contributed by atoms with Crippen molar-refractivity contribution >= 4 is 17.2 Å². The van der Waals surface area contributed by atoms with Gasteiger partial charge in [0, 0.05) is 39.3 Å². The monoisotopic (exact) mass is 215 g/mol. The molecule has 3 nitrogen and oxygen atoms in total. The largest absolute Gasteiger partial charge is 0.392 e. The Balaban J connectivity index is 2.21. The highest BCUT2D eigenvalue weighted by Gasteiger charge is 2.17. The van der Waals surface area contributed by atoms with Gasteiger partial charge in [0.1, 0.15) is 0 Å². The Morgan fingerprint density at radius 2 is 1.71 bits per heavy atom. The number of piperazine rings is 1. The second kappa shape index (κ2) is 5.63. The maximum atomic E-state index is 5.51. The molecule has 0 spiro atoms. The molecule has 1 aliphatic heterocycles. The van der Waals surface area contributed by atoms with E-state index >= 15 is 0 Å². The second-order valence-electron chi connectivity index (χ2n) is 4.44. The summed E-state index contributed by atoms with van der Waals surface area (Å²) in [6.07, 6.45) is 0. The molecule has 1 fully saturated rings. The van der Waals surface area contributed by atoms with Gasteiger partial charge in [0.2, 0.25) is 0 Å². The van der Waals surface area contributed by atoms with Gasteiger partial charge in [0.05, 0.1) is 4.99 Å². The van der Waals surface area contributed by atoms with Gasteiger partial charge in [-0.1, -0.05) is 26.1 Å². The summed E-state index contributed by atoms with van der Waals surface area (Å²) in [6, 6.07) is 0. The zero-order chi connectivity index (χ0) is 10.6. The predicted molar refractivity (Wildman–Crippen MR) is 64.5 cm³/mol. The zero-order valence-electron chi connectivity index (χ0n) is 9.20. The quantitative estimate of drug-likeness (QED) is 0.694. The van der Waals surface area contributed by atoms with E-state index in [4.69, 9.17) is 18.0 Å². The van der Waals surface area contributed by atoms with Crippen LogP contribution in [0.1, 0.15) is 13.8 Å². The average molecular weight is 215 g/mol. The number of nitrogens with zero attached hydrogens (tertiary/aromatic N) is 2. The predicted octanol–water partition coefficient (Wildman–Crippen LogP) is 0.546. The molecule has 0 aromatic heterocycles. The normalized spacial score (nSPS) is 20.2. The molecule has 14 heavy (non-hydrogen) atoms. The summed E-state index contributed by atoms with van der Waals surface area (Å²) < 4.78 is 0. The van der Waals surface area contributed by atoms with Crippen LogP contribution in [0.3, 0.4) is 0 Å². The van der Waals surface area contributed by atoms with Gasteiger partial charge in [-0.3, -0.25) is 4.90 Å². The smallest absolute Gasteiger partial charge is 0.0870 e. The SMILES string of the molecule is CC(C)CN1CCN(CC(N)=S)CC1. The van der Waals surface area contributed by atoms with E-state index in [0.29, 0.717) is 4.99 Å². The van der Waals surface area contributed by atoms with Gasteiger partial charge in [0.15, 0.2) is 0 Å². The number of hydrogen-bond acceptors (Lipinski definition) is 3. The molecule has 1 heterocycles. The summed E-state index contributed by atoms with van der Waals surface area (Å²) in [5, 5.41) is 0. The Hall–Kier alpha value is -0.190. The molecule has 1 rings (SSSR count). The van der Waals surface area contributed by atoms with Crippen molar-refractivity contribution in [2.75, 3.05) is 39.3 Å². The fourth-order valence-corrected chi connectivity index (χ4v) is 2.05. The van der Waals surface area contributed by atoms with Crippen molar-refractivity contribution in [2.45, 2.75) is 13.8 Å². The molecule has 1 saturated heterocycles. The number of thiocarbonyl (C=S) groups is 1. The molecule has 1 aliphatic rings. The summed E-state index contributed by atoms with van der Waals surface area (Å²) in [4.78, 5) is 5.46. The van der Waals surface area contributed by atoms with Crippen molar-refractivity contribution < 1.29 is 0 Å². The molecule has 0 amide bonds. The van der Waals surface area contributed by atoms with Crippen molar-refractivity contribution in [3.05, 3.63) is 0 Å². The van der Waals surface area contributed by atoms with Crippen molar-refractivity contribution in [3.63, 3.8) is 0 Å². The third-order valence-electron chi connectivity index (χ3n) is 2.47.